The van der Waals surface area contributed by atoms with E-state index in [1.54, 1.807) is 0 Å². The fourth-order valence-corrected chi connectivity index (χ4v) is 4.22. The van der Waals surface area contributed by atoms with E-state index < -0.39 is 11.3 Å². The summed E-state index contributed by atoms with van der Waals surface area (Å²) in [5.74, 6) is -2.61. The maximum absolute atomic E-state index is 13.5. The Kier molecular flexibility index (Phi) is 3.64. The fraction of sp³-hybridized carbons (Fsp3) is 0.571. The number of halogens is 3. The van der Waals surface area contributed by atoms with Crippen molar-refractivity contribution in [2.75, 3.05) is 0 Å². The minimum Gasteiger partial charge on any atom is -0.326 e. The third-order valence-corrected chi connectivity index (χ3v) is 5.36. The molecule has 1 aromatic rings. The standard InChI is InChI=1S/C14H17BrF2N2S/c15-9-3-1-2-8(4-9)13(6-14(16,17)7-13)12(18)10-5-11(20)19-10/h1-4,10-12,19-20H,5-7,18H2. The maximum atomic E-state index is 13.5. The van der Waals surface area contributed by atoms with Crippen LogP contribution >= 0.6 is 28.6 Å². The highest BCUT2D eigenvalue weighted by Gasteiger charge is 2.61. The Labute approximate surface area is 131 Å². The van der Waals surface area contributed by atoms with Gasteiger partial charge in [0.15, 0.2) is 0 Å². The molecule has 0 spiro atoms. The highest BCUT2D eigenvalue weighted by Crippen LogP contribution is 2.56. The van der Waals surface area contributed by atoms with Crippen LogP contribution in [0.1, 0.15) is 24.8 Å². The number of rotatable bonds is 3. The average Bonchev–Trinajstić information content (AvgIpc) is 2.30. The van der Waals surface area contributed by atoms with Crippen LogP contribution in [0.2, 0.25) is 0 Å². The number of alkyl halides is 2. The smallest absolute Gasteiger partial charge is 0.250 e. The molecule has 0 radical (unpaired) electrons. The van der Waals surface area contributed by atoms with Crippen molar-refractivity contribution in [1.82, 2.24) is 5.32 Å². The summed E-state index contributed by atoms with van der Waals surface area (Å²) >= 11 is 7.70. The average molecular weight is 363 g/mol. The van der Waals surface area contributed by atoms with Crippen LogP contribution in [0, 0.1) is 0 Å². The molecule has 2 fully saturated rings. The first-order valence-corrected chi connectivity index (χ1v) is 7.97. The third-order valence-electron chi connectivity index (χ3n) is 4.50. The van der Waals surface area contributed by atoms with Crippen LogP contribution in [-0.4, -0.2) is 23.4 Å². The van der Waals surface area contributed by atoms with Crippen molar-refractivity contribution in [2.45, 2.75) is 48.1 Å². The zero-order chi connectivity index (χ0) is 14.5. The van der Waals surface area contributed by atoms with E-state index in [1.807, 2.05) is 24.3 Å². The zero-order valence-corrected chi connectivity index (χ0v) is 13.3. The number of hydrogen-bond acceptors (Lipinski definition) is 3. The summed E-state index contributed by atoms with van der Waals surface area (Å²) < 4.78 is 28.0. The predicted octanol–water partition coefficient (Wildman–Crippen LogP) is 3.06. The summed E-state index contributed by atoms with van der Waals surface area (Å²) in [5.41, 5.74) is 6.60. The number of nitrogens with one attached hydrogen (secondary N) is 1. The second kappa shape index (κ2) is 4.93. The van der Waals surface area contributed by atoms with Gasteiger partial charge in [-0.15, -0.1) is 0 Å². The number of hydrogen-bond donors (Lipinski definition) is 3. The van der Waals surface area contributed by atoms with Gasteiger partial charge in [-0.05, 0) is 24.1 Å². The Hall–Kier alpha value is -0.170. The van der Waals surface area contributed by atoms with E-state index in [-0.39, 0.29) is 30.3 Å². The van der Waals surface area contributed by atoms with Gasteiger partial charge in [0.1, 0.15) is 0 Å². The highest BCUT2D eigenvalue weighted by atomic mass is 79.9. The monoisotopic (exact) mass is 362 g/mol. The second-order valence-corrected chi connectivity index (χ2v) is 7.47. The Balaban J connectivity index is 1.90. The van der Waals surface area contributed by atoms with E-state index in [9.17, 15) is 8.78 Å². The third kappa shape index (κ3) is 2.40. The quantitative estimate of drug-likeness (QED) is 0.723. The van der Waals surface area contributed by atoms with Crippen LogP contribution in [0.5, 0.6) is 0 Å². The fourth-order valence-electron chi connectivity index (χ4n) is 3.40. The van der Waals surface area contributed by atoms with Gasteiger partial charge in [0.05, 0.1) is 5.37 Å². The summed E-state index contributed by atoms with van der Waals surface area (Å²) in [7, 11) is 0. The van der Waals surface area contributed by atoms with Crippen LogP contribution in [0.25, 0.3) is 0 Å². The van der Waals surface area contributed by atoms with Crippen molar-refractivity contribution in [2.24, 2.45) is 5.73 Å². The van der Waals surface area contributed by atoms with Crippen molar-refractivity contribution < 1.29 is 8.78 Å². The van der Waals surface area contributed by atoms with Crippen LogP contribution in [0.15, 0.2) is 28.7 Å². The molecule has 1 saturated carbocycles. The molecule has 2 nitrogen and oxygen atoms in total. The van der Waals surface area contributed by atoms with Crippen LogP contribution < -0.4 is 11.1 Å². The van der Waals surface area contributed by atoms with Crippen molar-refractivity contribution in [3.8, 4) is 0 Å². The zero-order valence-electron chi connectivity index (χ0n) is 10.8. The van der Waals surface area contributed by atoms with E-state index in [0.717, 1.165) is 16.5 Å². The normalized spacial score (nSPS) is 32.0. The number of nitrogens with two attached hydrogens (primary N) is 1. The van der Waals surface area contributed by atoms with Crippen molar-refractivity contribution in [1.29, 1.82) is 0 Å². The molecule has 110 valence electrons. The van der Waals surface area contributed by atoms with Crippen LogP contribution in [-0.2, 0) is 5.41 Å². The topological polar surface area (TPSA) is 38.0 Å². The van der Waals surface area contributed by atoms with Gasteiger partial charge in [-0.2, -0.15) is 12.6 Å². The van der Waals surface area contributed by atoms with Gasteiger partial charge >= 0.3 is 0 Å². The second-order valence-electron chi connectivity index (χ2n) is 5.93. The molecule has 1 saturated heterocycles. The van der Waals surface area contributed by atoms with Crippen molar-refractivity contribution in [3.05, 3.63) is 34.3 Å². The van der Waals surface area contributed by atoms with Gasteiger partial charge in [-0.1, -0.05) is 28.1 Å². The maximum Gasteiger partial charge on any atom is 0.250 e. The van der Waals surface area contributed by atoms with Gasteiger partial charge in [0.25, 0.3) is 0 Å². The Bertz CT molecular complexity index is 512. The lowest BCUT2D eigenvalue weighted by molar-refractivity contribution is -0.138. The summed E-state index contributed by atoms with van der Waals surface area (Å²) in [6.45, 7) is 0. The molecule has 1 aliphatic carbocycles. The van der Waals surface area contributed by atoms with E-state index in [4.69, 9.17) is 5.73 Å². The molecule has 0 aromatic heterocycles. The molecule has 2 aliphatic rings. The minimum absolute atomic E-state index is 0.0626. The highest BCUT2D eigenvalue weighted by molar-refractivity contribution is 9.10. The van der Waals surface area contributed by atoms with Crippen molar-refractivity contribution in [3.63, 3.8) is 0 Å². The van der Waals surface area contributed by atoms with E-state index >= 15 is 0 Å². The summed E-state index contributed by atoms with van der Waals surface area (Å²) in [4.78, 5) is 0. The largest absolute Gasteiger partial charge is 0.326 e. The Morgan fingerprint density at radius 2 is 2.05 bits per heavy atom. The molecular formula is C14H17BrF2N2S. The summed E-state index contributed by atoms with van der Waals surface area (Å²) in [6.07, 6.45) is 0.478. The summed E-state index contributed by atoms with van der Waals surface area (Å²) in [6, 6.07) is 7.32. The Morgan fingerprint density at radius 3 is 2.55 bits per heavy atom. The van der Waals surface area contributed by atoms with Crippen LogP contribution in [0.3, 0.4) is 0 Å². The van der Waals surface area contributed by atoms with Gasteiger partial charge < -0.3 is 11.1 Å². The van der Waals surface area contributed by atoms with Gasteiger partial charge in [-0.3, -0.25) is 0 Å². The van der Waals surface area contributed by atoms with E-state index in [0.29, 0.717) is 0 Å². The molecule has 6 heteroatoms. The molecule has 1 aromatic carbocycles. The molecule has 3 unspecified atom stereocenters. The predicted molar refractivity (Wildman–Crippen MR) is 82.3 cm³/mol. The minimum atomic E-state index is -2.61. The first-order valence-electron chi connectivity index (χ1n) is 6.66. The van der Waals surface area contributed by atoms with Gasteiger partial charge in [-0.25, -0.2) is 8.78 Å². The lowest BCUT2D eigenvalue weighted by atomic mass is 9.56. The van der Waals surface area contributed by atoms with Gasteiger partial charge in [0.2, 0.25) is 5.92 Å². The Morgan fingerprint density at radius 1 is 1.40 bits per heavy atom. The first kappa shape index (κ1) is 14.8. The number of benzene rings is 1. The van der Waals surface area contributed by atoms with Crippen molar-refractivity contribution >= 4 is 28.6 Å². The molecule has 0 bridgehead atoms. The SMILES string of the molecule is NC(C1CC(S)N1)C1(c2cccc(Br)c2)CC(F)(F)C1. The first-order chi connectivity index (χ1) is 9.32. The molecule has 20 heavy (non-hydrogen) atoms. The molecule has 3 N–H and O–H groups in total. The van der Waals surface area contributed by atoms with Gasteiger partial charge in [0, 0.05) is 34.8 Å². The molecule has 0 amide bonds. The molecular weight excluding hydrogens is 346 g/mol. The molecule has 1 heterocycles. The lowest BCUT2D eigenvalue weighted by Gasteiger charge is -2.55. The van der Waals surface area contributed by atoms with E-state index in [1.165, 1.54) is 0 Å². The molecule has 3 atom stereocenters. The number of thiol groups is 1. The molecule has 3 rings (SSSR count). The van der Waals surface area contributed by atoms with E-state index in [2.05, 4.69) is 33.9 Å². The lowest BCUT2D eigenvalue weighted by Crippen LogP contribution is -2.69. The molecule has 1 aliphatic heterocycles. The summed E-state index contributed by atoms with van der Waals surface area (Å²) in [5, 5.41) is 3.34. The van der Waals surface area contributed by atoms with Crippen LogP contribution in [0.4, 0.5) is 8.78 Å².